The number of hydrogen-bond acceptors (Lipinski definition) is 1. The Balaban J connectivity index is 0.000000810. The van der Waals surface area contributed by atoms with E-state index in [4.69, 9.17) is 0 Å². The third kappa shape index (κ3) is 3.70. The van der Waals surface area contributed by atoms with Crippen molar-refractivity contribution in [2.75, 3.05) is 0 Å². The Bertz CT molecular complexity index is 91.4. The second-order valence-corrected chi connectivity index (χ2v) is 2.81. The van der Waals surface area contributed by atoms with Gasteiger partial charge in [-0.15, -0.1) is 0 Å². The van der Waals surface area contributed by atoms with Crippen molar-refractivity contribution in [3.05, 3.63) is 0 Å². The molecule has 1 aliphatic rings. The van der Waals surface area contributed by atoms with Crippen LogP contribution < -0.4 is 0 Å². The third-order valence-electron chi connectivity index (χ3n) is 1.91. The molecule has 0 aromatic rings. The molecule has 0 unspecified atom stereocenters. The van der Waals surface area contributed by atoms with Gasteiger partial charge in [-0.2, -0.15) is 0 Å². The van der Waals surface area contributed by atoms with Crippen LogP contribution in [0.25, 0.3) is 0 Å². The smallest absolute Gasteiger partial charge is 0.132 e. The molecule has 0 amide bonds. The van der Waals surface area contributed by atoms with E-state index in [0.29, 0.717) is 5.78 Å². The zero-order valence-electron chi connectivity index (χ0n) is 6.44. The van der Waals surface area contributed by atoms with E-state index < -0.39 is 0 Å². The van der Waals surface area contributed by atoms with Crippen molar-refractivity contribution in [3.63, 3.8) is 0 Å². The maximum absolute atomic E-state index is 10.8. The molecule has 0 spiro atoms. The first-order chi connectivity index (χ1) is 4.39. The Morgan fingerprint density at radius 3 is 1.70 bits per heavy atom. The molecule has 1 aliphatic carbocycles. The van der Waals surface area contributed by atoms with Crippen molar-refractivity contribution in [1.82, 2.24) is 0 Å². The molecular formula is C8H14BO. The van der Waals surface area contributed by atoms with E-state index in [0.717, 1.165) is 25.7 Å². The largest absolute Gasteiger partial charge is 0.300 e. The van der Waals surface area contributed by atoms with E-state index in [9.17, 15) is 4.79 Å². The van der Waals surface area contributed by atoms with Crippen molar-refractivity contribution < 1.29 is 4.79 Å². The average Bonchev–Trinajstić information content (AvgIpc) is 1.79. The zero-order chi connectivity index (χ0) is 6.53. The molecule has 0 aliphatic heterocycles. The summed E-state index contributed by atoms with van der Waals surface area (Å²) in [7, 11) is 0. The molecule has 55 valence electrons. The zero-order valence-corrected chi connectivity index (χ0v) is 6.44. The van der Waals surface area contributed by atoms with Gasteiger partial charge in [-0.25, -0.2) is 0 Å². The molecule has 0 aromatic carbocycles. The Kier molecular flexibility index (Phi) is 5.37. The quantitative estimate of drug-likeness (QED) is 0.466. The van der Waals surface area contributed by atoms with Crippen LogP contribution in [-0.2, 0) is 4.79 Å². The van der Waals surface area contributed by atoms with Crippen LogP contribution in [0, 0.1) is 0 Å². The van der Waals surface area contributed by atoms with Gasteiger partial charge in [0.2, 0.25) is 0 Å². The molecule has 0 atom stereocenters. The molecular weight excluding hydrogens is 123 g/mol. The van der Waals surface area contributed by atoms with Crippen molar-refractivity contribution in [2.24, 2.45) is 0 Å². The van der Waals surface area contributed by atoms with Crippen molar-refractivity contribution in [1.29, 1.82) is 0 Å². The lowest BCUT2D eigenvalue weighted by molar-refractivity contribution is -0.119. The van der Waals surface area contributed by atoms with Crippen LogP contribution in [-0.4, -0.2) is 14.2 Å². The van der Waals surface area contributed by atoms with E-state index in [1.807, 2.05) is 0 Å². The standard InChI is InChI=1S/C8H14O.B/c9-8-6-4-2-1-3-5-7-8;/h1-7H2;. The fraction of sp³-hybridized carbons (Fsp3) is 0.875. The van der Waals surface area contributed by atoms with Crippen LogP contribution in [0.5, 0.6) is 0 Å². The van der Waals surface area contributed by atoms with E-state index in [-0.39, 0.29) is 8.41 Å². The van der Waals surface area contributed by atoms with Crippen molar-refractivity contribution in [2.45, 2.75) is 44.9 Å². The Labute approximate surface area is 64.8 Å². The highest BCUT2D eigenvalue weighted by Gasteiger charge is 2.04. The molecule has 1 rings (SSSR count). The van der Waals surface area contributed by atoms with Crippen LogP contribution in [0.15, 0.2) is 0 Å². The Hall–Kier alpha value is -0.265. The summed E-state index contributed by atoms with van der Waals surface area (Å²) in [5.41, 5.74) is 0. The lowest BCUT2D eigenvalue weighted by Gasteiger charge is -2.05. The van der Waals surface area contributed by atoms with Gasteiger partial charge in [0.05, 0.1) is 0 Å². The normalized spacial score (nSPS) is 20.6. The van der Waals surface area contributed by atoms with Crippen LogP contribution in [0.4, 0.5) is 0 Å². The molecule has 1 nitrogen and oxygen atoms in total. The monoisotopic (exact) mass is 137 g/mol. The molecule has 0 N–H and O–H groups in total. The van der Waals surface area contributed by atoms with Gasteiger partial charge in [0.1, 0.15) is 5.78 Å². The molecule has 0 bridgehead atoms. The second kappa shape index (κ2) is 5.51. The maximum Gasteiger partial charge on any atom is 0.132 e. The highest BCUT2D eigenvalue weighted by atomic mass is 16.1. The fourth-order valence-corrected chi connectivity index (χ4v) is 1.30. The minimum atomic E-state index is 0. The summed E-state index contributed by atoms with van der Waals surface area (Å²) < 4.78 is 0. The highest BCUT2D eigenvalue weighted by molar-refractivity contribution is 5.78. The van der Waals surface area contributed by atoms with Crippen molar-refractivity contribution >= 4 is 14.2 Å². The summed E-state index contributed by atoms with van der Waals surface area (Å²) in [5, 5.41) is 0. The van der Waals surface area contributed by atoms with Gasteiger partial charge in [-0.05, 0) is 12.8 Å². The summed E-state index contributed by atoms with van der Waals surface area (Å²) in [5.74, 6) is 0.481. The first-order valence-electron chi connectivity index (χ1n) is 3.91. The van der Waals surface area contributed by atoms with E-state index in [1.165, 1.54) is 19.3 Å². The molecule has 1 fully saturated rings. The first-order valence-corrected chi connectivity index (χ1v) is 3.91. The number of carbonyl (C=O) groups excluding carboxylic acids is 1. The van der Waals surface area contributed by atoms with Crippen molar-refractivity contribution in [3.8, 4) is 0 Å². The van der Waals surface area contributed by atoms with E-state index in [1.54, 1.807) is 0 Å². The second-order valence-electron chi connectivity index (χ2n) is 2.81. The summed E-state index contributed by atoms with van der Waals surface area (Å²) in [6.07, 6.45) is 7.85. The summed E-state index contributed by atoms with van der Waals surface area (Å²) in [6.45, 7) is 0. The maximum atomic E-state index is 10.8. The predicted octanol–water partition coefficient (Wildman–Crippen LogP) is 1.92. The lowest BCUT2D eigenvalue weighted by Crippen LogP contribution is -2.00. The van der Waals surface area contributed by atoms with Crippen LogP contribution in [0.1, 0.15) is 44.9 Å². The molecule has 1 saturated carbocycles. The van der Waals surface area contributed by atoms with Gasteiger partial charge < -0.3 is 0 Å². The highest BCUT2D eigenvalue weighted by Crippen LogP contribution is 2.13. The molecule has 0 saturated heterocycles. The van der Waals surface area contributed by atoms with Crippen LogP contribution >= 0.6 is 0 Å². The number of rotatable bonds is 0. The summed E-state index contributed by atoms with van der Waals surface area (Å²) in [4.78, 5) is 10.8. The van der Waals surface area contributed by atoms with Gasteiger partial charge in [0, 0.05) is 21.3 Å². The van der Waals surface area contributed by atoms with Gasteiger partial charge >= 0.3 is 0 Å². The third-order valence-corrected chi connectivity index (χ3v) is 1.91. The van der Waals surface area contributed by atoms with Gasteiger partial charge in [-0.3, -0.25) is 4.79 Å². The van der Waals surface area contributed by atoms with E-state index in [2.05, 4.69) is 0 Å². The number of ketones is 1. The number of Topliss-reactive ketones (excluding diaryl/α,β-unsaturated/α-hetero) is 1. The molecule has 3 radical (unpaired) electrons. The number of hydrogen-bond donors (Lipinski definition) is 0. The van der Waals surface area contributed by atoms with Gasteiger partial charge in [-0.1, -0.05) is 19.3 Å². The Morgan fingerprint density at radius 1 is 0.800 bits per heavy atom. The number of carbonyl (C=O) groups is 1. The summed E-state index contributed by atoms with van der Waals surface area (Å²) in [6, 6.07) is 0. The topological polar surface area (TPSA) is 17.1 Å². The SMILES string of the molecule is O=C1CCCCCCC1.[B]. The minimum absolute atomic E-state index is 0. The van der Waals surface area contributed by atoms with E-state index >= 15 is 0 Å². The average molecular weight is 137 g/mol. The Morgan fingerprint density at radius 2 is 1.20 bits per heavy atom. The molecule has 10 heavy (non-hydrogen) atoms. The molecule has 2 heteroatoms. The molecule has 0 heterocycles. The van der Waals surface area contributed by atoms with Gasteiger partial charge in [0.15, 0.2) is 0 Å². The first kappa shape index (κ1) is 9.73. The summed E-state index contributed by atoms with van der Waals surface area (Å²) >= 11 is 0. The lowest BCUT2D eigenvalue weighted by atomic mass is 10.0. The predicted molar refractivity (Wildman–Crippen MR) is 43.1 cm³/mol. The minimum Gasteiger partial charge on any atom is -0.300 e. The van der Waals surface area contributed by atoms with Gasteiger partial charge in [0.25, 0.3) is 0 Å². The fourth-order valence-electron chi connectivity index (χ4n) is 1.30. The molecule has 0 aromatic heterocycles. The van der Waals surface area contributed by atoms with Crippen LogP contribution in [0.2, 0.25) is 0 Å². The van der Waals surface area contributed by atoms with Crippen LogP contribution in [0.3, 0.4) is 0 Å².